The minimum atomic E-state index is 0.643. The molecule has 0 radical (unpaired) electrons. The highest BCUT2D eigenvalue weighted by atomic mass is 16.6. The molecule has 0 fully saturated rings. The normalized spacial score (nSPS) is 10.2. The van der Waals surface area contributed by atoms with Gasteiger partial charge in [-0.05, 0) is 59.7 Å². The summed E-state index contributed by atoms with van der Waals surface area (Å²) >= 11 is 0. The predicted molar refractivity (Wildman–Crippen MR) is 105 cm³/mol. The van der Waals surface area contributed by atoms with Crippen molar-refractivity contribution in [3.63, 3.8) is 0 Å². The molecule has 0 heterocycles. The molecule has 0 unspecified atom stereocenters. The second-order valence-corrected chi connectivity index (χ2v) is 5.89. The number of hydrogen-bond acceptors (Lipinski definition) is 5. The highest BCUT2D eigenvalue weighted by Gasteiger charge is 1.98. The average molecular weight is 349 g/mol. The largest absolute Gasteiger partial charge is 0.497 e. The van der Waals surface area contributed by atoms with Gasteiger partial charge in [-0.3, -0.25) is 0 Å². The predicted octanol–water partition coefficient (Wildman–Crippen LogP) is 4.17. The second kappa shape index (κ2) is 8.78. The lowest BCUT2D eigenvalue weighted by atomic mass is 10.1. The lowest BCUT2D eigenvalue weighted by Crippen LogP contribution is -2.03. The van der Waals surface area contributed by atoms with Gasteiger partial charge in [0, 0.05) is 24.5 Å². The third-order valence-corrected chi connectivity index (χ3v) is 4.10. The van der Waals surface area contributed by atoms with Gasteiger partial charge in [-0.25, -0.2) is 0 Å². The maximum atomic E-state index is 5.17. The van der Waals surface area contributed by atoms with Crippen LogP contribution in [0, 0.1) is 0 Å². The molecule has 3 aromatic rings. The van der Waals surface area contributed by atoms with Crippen molar-refractivity contribution in [2.75, 3.05) is 17.7 Å². The van der Waals surface area contributed by atoms with E-state index in [4.69, 9.17) is 10.6 Å². The molecule has 3 rings (SSSR count). The lowest BCUT2D eigenvalue weighted by molar-refractivity contribution is 0.334. The summed E-state index contributed by atoms with van der Waals surface area (Å²) in [5.74, 6) is 6.62. The third-order valence-electron chi connectivity index (χ3n) is 4.10. The number of ether oxygens (including phenoxy) is 1. The Morgan fingerprint density at radius 1 is 0.654 bits per heavy atom. The molecule has 0 bridgehead atoms. The van der Waals surface area contributed by atoms with E-state index in [1.54, 1.807) is 7.11 Å². The van der Waals surface area contributed by atoms with Gasteiger partial charge in [0.15, 0.2) is 0 Å². The van der Waals surface area contributed by atoms with E-state index in [1.807, 2.05) is 48.5 Å². The van der Waals surface area contributed by atoms with Crippen molar-refractivity contribution in [2.45, 2.75) is 13.1 Å². The van der Waals surface area contributed by atoms with Gasteiger partial charge in [0.25, 0.3) is 0 Å². The molecule has 0 aliphatic rings. The number of hydrogen-bond donors (Lipinski definition) is 3. The van der Waals surface area contributed by atoms with Crippen molar-refractivity contribution in [1.82, 2.24) is 0 Å². The van der Waals surface area contributed by atoms with Gasteiger partial charge in [0.05, 0.1) is 7.11 Å². The number of rotatable bonds is 8. The van der Waals surface area contributed by atoms with Crippen molar-refractivity contribution < 1.29 is 9.57 Å². The van der Waals surface area contributed by atoms with Crippen LogP contribution in [-0.2, 0) is 13.1 Å². The molecular formula is C21H23N3O2. The van der Waals surface area contributed by atoms with E-state index in [9.17, 15) is 0 Å². The van der Waals surface area contributed by atoms with E-state index in [2.05, 4.69) is 39.7 Å². The van der Waals surface area contributed by atoms with Crippen LogP contribution in [0.25, 0.3) is 0 Å². The van der Waals surface area contributed by atoms with Crippen LogP contribution in [0.3, 0.4) is 0 Å². The van der Waals surface area contributed by atoms with E-state index in [0.717, 1.165) is 30.2 Å². The summed E-state index contributed by atoms with van der Waals surface area (Å²) < 4.78 is 5.17. The molecule has 0 spiro atoms. The quantitative estimate of drug-likeness (QED) is 0.533. The Kier molecular flexibility index (Phi) is 5.96. The van der Waals surface area contributed by atoms with Gasteiger partial charge in [0.1, 0.15) is 11.5 Å². The summed E-state index contributed by atoms with van der Waals surface area (Å²) in [6, 6.07) is 24.0. The maximum Gasteiger partial charge on any atom is 0.146 e. The summed E-state index contributed by atoms with van der Waals surface area (Å²) in [4.78, 5) is 4.67. The fraction of sp³-hybridized carbons (Fsp3) is 0.143. The van der Waals surface area contributed by atoms with E-state index in [-0.39, 0.29) is 0 Å². The summed E-state index contributed by atoms with van der Waals surface area (Å²) in [5.41, 5.74) is 4.55. The minimum Gasteiger partial charge on any atom is -0.497 e. The minimum absolute atomic E-state index is 0.643. The molecule has 0 amide bonds. The van der Waals surface area contributed by atoms with Gasteiger partial charge in [-0.1, -0.05) is 24.3 Å². The van der Waals surface area contributed by atoms with E-state index >= 15 is 0 Å². The number of anilines is 2. The number of nitrogens with one attached hydrogen (secondary N) is 2. The molecule has 0 saturated heterocycles. The first kappa shape index (κ1) is 17.6. The van der Waals surface area contributed by atoms with Crippen LogP contribution in [0.15, 0.2) is 72.8 Å². The maximum absolute atomic E-state index is 5.17. The topological polar surface area (TPSA) is 68.5 Å². The van der Waals surface area contributed by atoms with Crippen molar-refractivity contribution in [2.24, 2.45) is 5.90 Å². The summed E-state index contributed by atoms with van der Waals surface area (Å²) in [6.07, 6.45) is 0. The smallest absolute Gasteiger partial charge is 0.146 e. The van der Waals surface area contributed by atoms with E-state index < -0.39 is 0 Å². The Bertz CT molecular complexity index is 730. The van der Waals surface area contributed by atoms with Crippen molar-refractivity contribution in [3.8, 4) is 11.5 Å². The van der Waals surface area contributed by atoms with Crippen molar-refractivity contribution >= 4 is 11.4 Å². The van der Waals surface area contributed by atoms with Crippen LogP contribution in [0.2, 0.25) is 0 Å². The van der Waals surface area contributed by atoms with Crippen LogP contribution in [-0.4, -0.2) is 7.11 Å². The van der Waals surface area contributed by atoms with E-state index in [1.165, 1.54) is 11.1 Å². The van der Waals surface area contributed by atoms with Gasteiger partial charge in [0.2, 0.25) is 0 Å². The van der Waals surface area contributed by atoms with Gasteiger partial charge >= 0.3 is 0 Å². The fourth-order valence-electron chi connectivity index (χ4n) is 2.54. The van der Waals surface area contributed by atoms with Gasteiger partial charge in [-0.2, -0.15) is 5.90 Å². The molecule has 3 aromatic carbocycles. The first-order valence-corrected chi connectivity index (χ1v) is 8.43. The third kappa shape index (κ3) is 4.91. The second-order valence-electron chi connectivity index (χ2n) is 5.89. The number of nitrogens with two attached hydrogens (primary N) is 1. The Hall–Kier alpha value is -3.18. The van der Waals surface area contributed by atoms with Crippen LogP contribution >= 0.6 is 0 Å². The molecule has 0 aliphatic heterocycles. The first-order valence-electron chi connectivity index (χ1n) is 8.43. The fourth-order valence-corrected chi connectivity index (χ4v) is 2.54. The molecule has 5 heteroatoms. The zero-order chi connectivity index (χ0) is 18.2. The zero-order valence-electron chi connectivity index (χ0n) is 14.7. The molecular weight excluding hydrogens is 326 g/mol. The van der Waals surface area contributed by atoms with E-state index in [0.29, 0.717) is 5.75 Å². The van der Waals surface area contributed by atoms with Gasteiger partial charge in [-0.15, -0.1) is 0 Å². The highest BCUT2D eigenvalue weighted by Crippen LogP contribution is 2.17. The number of methoxy groups -OCH3 is 1. The molecule has 5 nitrogen and oxygen atoms in total. The van der Waals surface area contributed by atoms with Crippen LogP contribution in [0.5, 0.6) is 11.5 Å². The SMILES string of the molecule is COc1ccc(NCc2ccc(CNc3ccc(ON)cc3)cc2)cc1. The molecule has 0 aromatic heterocycles. The van der Waals surface area contributed by atoms with Gasteiger partial charge < -0.3 is 20.2 Å². The Morgan fingerprint density at radius 3 is 1.46 bits per heavy atom. The molecule has 0 aliphatic carbocycles. The van der Waals surface area contributed by atoms with Crippen molar-refractivity contribution in [3.05, 3.63) is 83.9 Å². The van der Waals surface area contributed by atoms with Crippen LogP contribution in [0.1, 0.15) is 11.1 Å². The summed E-state index contributed by atoms with van der Waals surface area (Å²) in [5, 5.41) is 6.78. The zero-order valence-corrected chi connectivity index (χ0v) is 14.7. The molecule has 0 saturated carbocycles. The Balaban J connectivity index is 1.49. The lowest BCUT2D eigenvalue weighted by Gasteiger charge is -2.10. The molecule has 0 atom stereocenters. The Labute approximate surface area is 153 Å². The first-order chi connectivity index (χ1) is 12.8. The standard InChI is InChI=1S/C21H23N3O2/c1-25-20-10-6-18(7-11-20)23-14-16-2-4-17(5-3-16)15-24-19-8-12-21(26-22)13-9-19/h2-13,23-24H,14-15,22H2,1H3. The van der Waals surface area contributed by atoms with Crippen molar-refractivity contribution in [1.29, 1.82) is 0 Å². The number of benzene rings is 3. The summed E-state index contributed by atoms with van der Waals surface area (Å²) in [7, 11) is 1.67. The monoisotopic (exact) mass is 349 g/mol. The highest BCUT2D eigenvalue weighted by molar-refractivity contribution is 5.48. The molecule has 4 N–H and O–H groups in total. The molecule has 26 heavy (non-hydrogen) atoms. The summed E-state index contributed by atoms with van der Waals surface area (Å²) in [6.45, 7) is 1.54. The van der Waals surface area contributed by atoms with Crippen LogP contribution < -0.4 is 26.1 Å². The average Bonchev–Trinajstić information content (AvgIpc) is 2.72. The molecule has 134 valence electrons. The Morgan fingerprint density at radius 2 is 1.08 bits per heavy atom. The van der Waals surface area contributed by atoms with Crippen LogP contribution in [0.4, 0.5) is 11.4 Å².